The topological polar surface area (TPSA) is 52.6 Å². The van der Waals surface area contributed by atoms with Crippen LogP contribution >= 0.6 is 11.6 Å². The first kappa shape index (κ1) is 18.3. The smallest absolute Gasteiger partial charge is 0.317 e. The van der Waals surface area contributed by atoms with Crippen LogP contribution in [-0.4, -0.2) is 36.2 Å². The third-order valence-electron chi connectivity index (χ3n) is 3.93. The monoisotopic (exact) mass is 346 g/mol. The van der Waals surface area contributed by atoms with E-state index >= 15 is 0 Å². The number of rotatable bonds is 7. The van der Waals surface area contributed by atoms with Gasteiger partial charge in [0.25, 0.3) is 0 Å². The van der Waals surface area contributed by atoms with Gasteiger partial charge in [0, 0.05) is 37.7 Å². The molecule has 24 heavy (non-hydrogen) atoms. The highest BCUT2D eigenvalue weighted by molar-refractivity contribution is 6.30. The molecule has 128 valence electrons. The lowest BCUT2D eigenvalue weighted by molar-refractivity contribution is 0.204. The minimum absolute atomic E-state index is 0.0933. The van der Waals surface area contributed by atoms with Crippen molar-refractivity contribution in [2.24, 2.45) is 0 Å². The number of urea groups is 1. The Morgan fingerprint density at radius 1 is 1.17 bits per heavy atom. The molecule has 0 aliphatic rings. The largest absolute Gasteiger partial charge is 0.396 e. The number of hydrogen-bond acceptors (Lipinski definition) is 2. The first-order chi connectivity index (χ1) is 11.6. The number of nitrogens with zero attached hydrogens (tertiary/aromatic N) is 1. The normalized spacial score (nSPS) is 11.8. The van der Waals surface area contributed by atoms with Gasteiger partial charge in [-0.05, 0) is 29.7 Å². The highest BCUT2D eigenvalue weighted by Crippen LogP contribution is 2.18. The van der Waals surface area contributed by atoms with Crippen LogP contribution in [0.15, 0.2) is 54.6 Å². The summed E-state index contributed by atoms with van der Waals surface area (Å²) < 4.78 is 0. The zero-order valence-corrected chi connectivity index (χ0v) is 14.5. The van der Waals surface area contributed by atoms with Gasteiger partial charge in [-0.3, -0.25) is 0 Å². The Bertz CT molecular complexity index is 632. The predicted molar refractivity (Wildman–Crippen MR) is 97.2 cm³/mol. The van der Waals surface area contributed by atoms with E-state index in [0.29, 0.717) is 24.5 Å². The molecule has 1 atom stereocenters. The molecule has 0 bridgehead atoms. The van der Waals surface area contributed by atoms with Crippen LogP contribution < -0.4 is 5.32 Å². The minimum atomic E-state index is -0.135. The predicted octanol–water partition coefficient (Wildman–Crippen LogP) is 3.65. The number of hydrogen-bond donors (Lipinski definition) is 2. The number of halogens is 1. The average molecular weight is 347 g/mol. The molecule has 2 amide bonds. The van der Waals surface area contributed by atoms with Crippen LogP contribution in [0.1, 0.15) is 23.5 Å². The summed E-state index contributed by atoms with van der Waals surface area (Å²) in [5.41, 5.74) is 2.14. The van der Waals surface area contributed by atoms with Gasteiger partial charge < -0.3 is 15.3 Å². The Labute approximate surface area is 148 Å². The molecule has 0 aliphatic heterocycles. The van der Waals surface area contributed by atoms with E-state index in [0.717, 1.165) is 11.1 Å². The maximum absolute atomic E-state index is 12.3. The fraction of sp³-hybridized carbons (Fsp3) is 0.316. The maximum Gasteiger partial charge on any atom is 0.317 e. The van der Waals surface area contributed by atoms with Gasteiger partial charge in [0.2, 0.25) is 0 Å². The van der Waals surface area contributed by atoms with Crippen molar-refractivity contribution in [2.45, 2.75) is 18.9 Å². The summed E-state index contributed by atoms with van der Waals surface area (Å²) >= 11 is 5.87. The summed E-state index contributed by atoms with van der Waals surface area (Å²) in [6.07, 6.45) is 0.616. The molecular formula is C19H23ClN2O2. The Kier molecular flexibility index (Phi) is 7.09. The van der Waals surface area contributed by atoms with E-state index in [1.165, 1.54) is 0 Å². The van der Waals surface area contributed by atoms with Crippen molar-refractivity contribution in [3.05, 3.63) is 70.7 Å². The van der Waals surface area contributed by atoms with Gasteiger partial charge in [0.15, 0.2) is 0 Å². The number of benzene rings is 2. The van der Waals surface area contributed by atoms with Crippen molar-refractivity contribution in [3.8, 4) is 0 Å². The molecule has 0 saturated carbocycles. The minimum Gasteiger partial charge on any atom is -0.396 e. The number of aliphatic hydroxyl groups excluding tert-OH is 1. The van der Waals surface area contributed by atoms with E-state index in [9.17, 15) is 9.90 Å². The van der Waals surface area contributed by atoms with Crippen LogP contribution in [0.4, 0.5) is 4.79 Å². The van der Waals surface area contributed by atoms with E-state index in [-0.39, 0.29) is 18.6 Å². The van der Waals surface area contributed by atoms with Crippen LogP contribution in [0.25, 0.3) is 0 Å². The molecule has 4 nitrogen and oxygen atoms in total. The Morgan fingerprint density at radius 3 is 2.46 bits per heavy atom. The molecule has 0 saturated heterocycles. The summed E-state index contributed by atoms with van der Waals surface area (Å²) in [6, 6.07) is 17.2. The van der Waals surface area contributed by atoms with Crippen LogP contribution in [0.5, 0.6) is 0 Å². The first-order valence-corrected chi connectivity index (χ1v) is 8.37. The standard InChI is InChI=1S/C19H23ClN2O2/c1-22(14-15-7-9-18(20)10-8-15)19(24)21-13-17(11-12-23)16-5-3-2-4-6-16/h2-10,17,23H,11-14H2,1H3,(H,21,24). The summed E-state index contributed by atoms with van der Waals surface area (Å²) in [5, 5.41) is 12.9. The first-order valence-electron chi connectivity index (χ1n) is 7.99. The van der Waals surface area contributed by atoms with Crippen LogP contribution in [0.2, 0.25) is 5.02 Å². The Hall–Kier alpha value is -2.04. The highest BCUT2D eigenvalue weighted by Gasteiger charge is 2.14. The highest BCUT2D eigenvalue weighted by atomic mass is 35.5. The molecule has 2 N–H and O–H groups in total. The SMILES string of the molecule is CN(Cc1ccc(Cl)cc1)C(=O)NCC(CCO)c1ccccc1. The summed E-state index contributed by atoms with van der Waals surface area (Å²) in [5.74, 6) is 0.101. The average Bonchev–Trinajstić information content (AvgIpc) is 2.61. The molecular weight excluding hydrogens is 324 g/mol. The molecule has 0 aliphatic carbocycles. The third kappa shape index (κ3) is 5.55. The van der Waals surface area contributed by atoms with Crippen molar-refractivity contribution < 1.29 is 9.90 Å². The lowest BCUT2D eigenvalue weighted by atomic mass is 9.96. The second kappa shape index (κ2) is 9.30. The second-order valence-electron chi connectivity index (χ2n) is 5.79. The molecule has 0 fully saturated rings. The van der Waals surface area contributed by atoms with Gasteiger partial charge >= 0.3 is 6.03 Å². The number of nitrogens with one attached hydrogen (secondary N) is 1. The van der Waals surface area contributed by atoms with Gasteiger partial charge in [0.1, 0.15) is 0 Å². The molecule has 2 aromatic rings. The fourth-order valence-corrected chi connectivity index (χ4v) is 2.67. The summed E-state index contributed by atoms with van der Waals surface area (Å²) in [7, 11) is 1.76. The molecule has 2 rings (SSSR count). The molecule has 0 heterocycles. The van der Waals surface area contributed by atoms with Gasteiger partial charge in [-0.15, -0.1) is 0 Å². The lowest BCUT2D eigenvalue weighted by Gasteiger charge is -2.21. The van der Waals surface area contributed by atoms with E-state index < -0.39 is 0 Å². The van der Waals surface area contributed by atoms with Gasteiger partial charge in [-0.25, -0.2) is 4.79 Å². The molecule has 0 spiro atoms. The third-order valence-corrected chi connectivity index (χ3v) is 4.18. The van der Waals surface area contributed by atoms with Crippen molar-refractivity contribution in [3.63, 3.8) is 0 Å². The van der Waals surface area contributed by atoms with E-state index in [2.05, 4.69) is 5.32 Å². The van der Waals surface area contributed by atoms with Crippen LogP contribution in [-0.2, 0) is 6.54 Å². The van der Waals surface area contributed by atoms with Gasteiger partial charge in [0.05, 0.1) is 0 Å². The maximum atomic E-state index is 12.3. The van der Waals surface area contributed by atoms with Gasteiger partial charge in [-0.2, -0.15) is 0 Å². The number of carbonyl (C=O) groups excluding carboxylic acids is 1. The number of amides is 2. The van der Waals surface area contributed by atoms with E-state index in [1.807, 2.05) is 54.6 Å². The van der Waals surface area contributed by atoms with Crippen LogP contribution in [0.3, 0.4) is 0 Å². The Morgan fingerprint density at radius 2 is 1.83 bits per heavy atom. The van der Waals surface area contributed by atoms with Crippen molar-refractivity contribution in [1.29, 1.82) is 0 Å². The van der Waals surface area contributed by atoms with E-state index in [4.69, 9.17) is 11.6 Å². The quantitative estimate of drug-likeness (QED) is 0.804. The molecule has 0 radical (unpaired) electrons. The van der Waals surface area contributed by atoms with Crippen molar-refractivity contribution in [2.75, 3.05) is 20.2 Å². The zero-order valence-electron chi connectivity index (χ0n) is 13.8. The van der Waals surface area contributed by atoms with Crippen LogP contribution in [0, 0.1) is 0 Å². The second-order valence-corrected chi connectivity index (χ2v) is 6.22. The number of aliphatic hydroxyl groups is 1. The Balaban J connectivity index is 1.89. The van der Waals surface area contributed by atoms with Crippen molar-refractivity contribution in [1.82, 2.24) is 10.2 Å². The fourth-order valence-electron chi connectivity index (χ4n) is 2.55. The summed E-state index contributed by atoms with van der Waals surface area (Å²) in [4.78, 5) is 13.9. The molecule has 5 heteroatoms. The molecule has 0 aromatic heterocycles. The lowest BCUT2D eigenvalue weighted by Crippen LogP contribution is -2.39. The molecule has 1 unspecified atom stereocenters. The summed E-state index contributed by atoms with van der Waals surface area (Å²) in [6.45, 7) is 1.10. The number of carbonyl (C=O) groups is 1. The molecule has 2 aromatic carbocycles. The van der Waals surface area contributed by atoms with E-state index in [1.54, 1.807) is 11.9 Å². The van der Waals surface area contributed by atoms with Gasteiger partial charge in [-0.1, -0.05) is 54.1 Å². The zero-order chi connectivity index (χ0) is 17.4. The van der Waals surface area contributed by atoms with Crippen molar-refractivity contribution >= 4 is 17.6 Å².